The number of carbonyl (C=O) groups is 1. The summed E-state index contributed by atoms with van der Waals surface area (Å²) in [4.78, 5) is 16.1. The minimum Gasteiger partial charge on any atom is -0.356 e. The monoisotopic (exact) mass is 388 g/mol. The molecule has 2 amide bonds. The predicted molar refractivity (Wildman–Crippen MR) is 101 cm³/mol. The quantitative estimate of drug-likeness (QED) is 0.734. The minimum atomic E-state index is -0.453. The molecule has 2 heterocycles. The van der Waals surface area contributed by atoms with Crippen molar-refractivity contribution in [3.63, 3.8) is 0 Å². The molecule has 6 nitrogen and oxygen atoms in total. The van der Waals surface area contributed by atoms with E-state index in [1.54, 1.807) is 36.2 Å². The summed E-state index contributed by atoms with van der Waals surface area (Å²) in [6.45, 7) is 2.03. The van der Waals surface area contributed by atoms with Crippen molar-refractivity contribution in [2.45, 2.75) is 12.6 Å². The highest BCUT2D eigenvalue weighted by molar-refractivity contribution is 6.31. The van der Waals surface area contributed by atoms with E-state index in [2.05, 4.69) is 15.4 Å². The van der Waals surface area contributed by atoms with Gasteiger partial charge in [-0.1, -0.05) is 28.9 Å². The van der Waals surface area contributed by atoms with Crippen molar-refractivity contribution in [3.8, 4) is 0 Å². The highest BCUT2D eigenvalue weighted by atomic mass is 35.5. The first-order valence-electron chi connectivity index (χ1n) is 8.56. The zero-order chi connectivity index (χ0) is 19.0. The zero-order valence-corrected chi connectivity index (χ0v) is 15.4. The Labute approximate surface area is 160 Å². The molecule has 140 valence electrons. The molecule has 0 radical (unpaired) electrons. The first kappa shape index (κ1) is 17.8. The Morgan fingerprint density at radius 1 is 1.37 bits per heavy atom. The van der Waals surface area contributed by atoms with Crippen LogP contribution in [0, 0.1) is 5.82 Å². The lowest BCUT2D eigenvalue weighted by Gasteiger charge is -2.43. The molecule has 3 aromatic rings. The van der Waals surface area contributed by atoms with Gasteiger partial charge in [0.25, 0.3) is 0 Å². The first-order chi connectivity index (χ1) is 13.0. The average Bonchev–Trinajstić information content (AvgIpc) is 3.01. The Kier molecular flexibility index (Phi) is 4.72. The molecule has 4 rings (SSSR count). The molecule has 0 bridgehead atoms. The molecule has 0 saturated carbocycles. The number of nitrogens with zero attached hydrogens (tertiary/aromatic N) is 3. The number of amides is 2. The fourth-order valence-corrected chi connectivity index (χ4v) is 3.31. The number of benzene rings is 2. The van der Waals surface area contributed by atoms with E-state index in [9.17, 15) is 9.18 Å². The number of para-hydroxylation sites is 1. The van der Waals surface area contributed by atoms with Crippen LogP contribution in [0.25, 0.3) is 11.0 Å². The molecular formula is C19H18ClFN4O2. The number of nitrogens with one attached hydrogen (secondary N) is 1. The fourth-order valence-electron chi connectivity index (χ4n) is 3.14. The Morgan fingerprint density at radius 2 is 2.15 bits per heavy atom. The Hall–Kier alpha value is -2.64. The van der Waals surface area contributed by atoms with Crippen molar-refractivity contribution >= 4 is 34.3 Å². The predicted octanol–water partition coefficient (Wildman–Crippen LogP) is 3.97. The van der Waals surface area contributed by atoms with Crippen molar-refractivity contribution in [2.75, 3.05) is 25.5 Å². The third kappa shape index (κ3) is 3.61. The Morgan fingerprint density at radius 3 is 2.93 bits per heavy atom. The lowest BCUT2D eigenvalue weighted by molar-refractivity contribution is 0.0624. The number of hydrogen-bond donors (Lipinski definition) is 1. The van der Waals surface area contributed by atoms with Crippen LogP contribution in [-0.4, -0.2) is 47.2 Å². The van der Waals surface area contributed by atoms with Crippen LogP contribution in [0.1, 0.15) is 5.69 Å². The molecule has 0 unspecified atom stereocenters. The highest BCUT2D eigenvalue weighted by Crippen LogP contribution is 2.25. The van der Waals surface area contributed by atoms with Gasteiger partial charge in [-0.2, -0.15) is 0 Å². The van der Waals surface area contributed by atoms with E-state index in [1.165, 1.54) is 12.1 Å². The maximum absolute atomic E-state index is 13.7. The van der Waals surface area contributed by atoms with Crippen molar-refractivity contribution < 1.29 is 13.7 Å². The average molecular weight is 389 g/mol. The number of anilines is 1. The van der Waals surface area contributed by atoms with Crippen LogP contribution in [0.2, 0.25) is 5.02 Å². The lowest BCUT2D eigenvalue weighted by atomic mass is 10.1. The van der Waals surface area contributed by atoms with Gasteiger partial charge in [0.15, 0.2) is 5.58 Å². The van der Waals surface area contributed by atoms with Crippen LogP contribution in [0.4, 0.5) is 14.9 Å². The van der Waals surface area contributed by atoms with Gasteiger partial charge >= 0.3 is 6.03 Å². The topological polar surface area (TPSA) is 61.6 Å². The van der Waals surface area contributed by atoms with Crippen LogP contribution in [0.15, 0.2) is 47.0 Å². The number of fused-ring (bicyclic) bond motifs is 1. The van der Waals surface area contributed by atoms with Crippen LogP contribution in [0.3, 0.4) is 0 Å². The molecule has 8 heteroatoms. The van der Waals surface area contributed by atoms with Crippen LogP contribution >= 0.6 is 11.6 Å². The summed E-state index contributed by atoms with van der Waals surface area (Å²) < 4.78 is 19.0. The number of aromatic nitrogens is 1. The fraction of sp³-hybridized carbons (Fsp3) is 0.263. The molecule has 1 aliphatic heterocycles. The maximum Gasteiger partial charge on any atom is 0.322 e. The standard InChI is InChI=1S/C19H18ClFN4O2/c1-24(19(26)22-16-5-3-2-4-15(16)21)13-9-25(10-13)11-17-14-8-12(20)6-7-18(14)27-23-17/h2-8,13H,9-11H2,1H3,(H,22,26). The van der Waals surface area contributed by atoms with Crippen LogP contribution in [0.5, 0.6) is 0 Å². The SMILES string of the molecule is CN(C(=O)Nc1ccccc1F)C1CN(Cc2noc3ccc(Cl)cc23)C1. The number of likely N-dealkylation sites (N-methyl/N-ethyl adjacent to an activating group) is 1. The summed E-state index contributed by atoms with van der Waals surface area (Å²) in [5.74, 6) is -0.453. The van der Waals surface area contributed by atoms with Crippen molar-refractivity contribution in [2.24, 2.45) is 0 Å². The second-order valence-corrected chi connectivity index (χ2v) is 7.07. The summed E-state index contributed by atoms with van der Waals surface area (Å²) in [6, 6.07) is 11.2. The normalized spacial score (nSPS) is 14.9. The highest BCUT2D eigenvalue weighted by Gasteiger charge is 2.33. The van der Waals surface area contributed by atoms with E-state index in [0.29, 0.717) is 30.2 Å². The van der Waals surface area contributed by atoms with E-state index < -0.39 is 5.82 Å². The molecule has 0 atom stereocenters. The number of likely N-dealkylation sites (tertiary alicyclic amines) is 1. The summed E-state index contributed by atoms with van der Waals surface area (Å²) in [6.07, 6.45) is 0. The van der Waals surface area contributed by atoms with Gasteiger partial charge in [-0.05, 0) is 30.3 Å². The van der Waals surface area contributed by atoms with E-state index in [1.807, 2.05) is 6.07 Å². The van der Waals surface area contributed by atoms with Gasteiger partial charge in [0, 0.05) is 37.1 Å². The lowest BCUT2D eigenvalue weighted by Crippen LogP contribution is -2.59. The second-order valence-electron chi connectivity index (χ2n) is 6.64. The second kappa shape index (κ2) is 7.17. The van der Waals surface area contributed by atoms with Gasteiger partial charge in [0.2, 0.25) is 0 Å². The van der Waals surface area contributed by atoms with E-state index >= 15 is 0 Å². The third-order valence-electron chi connectivity index (χ3n) is 4.80. The smallest absolute Gasteiger partial charge is 0.322 e. The summed E-state index contributed by atoms with van der Waals surface area (Å²) in [7, 11) is 1.71. The number of hydrogen-bond acceptors (Lipinski definition) is 4. The van der Waals surface area contributed by atoms with Gasteiger partial charge in [0.05, 0.1) is 11.7 Å². The number of carbonyl (C=O) groups excluding carboxylic acids is 1. The van der Waals surface area contributed by atoms with Crippen molar-refractivity contribution in [1.29, 1.82) is 0 Å². The molecule has 1 N–H and O–H groups in total. The first-order valence-corrected chi connectivity index (χ1v) is 8.93. The van der Waals surface area contributed by atoms with Crippen molar-refractivity contribution in [3.05, 3.63) is 59.0 Å². The molecule has 1 fully saturated rings. The summed E-state index contributed by atoms with van der Waals surface area (Å²) in [5.41, 5.74) is 1.70. The number of rotatable bonds is 4. The Balaban J connectivity index is 1.34. The van der Waals surface area contributed by atoms with Gasteiger partial charge in [0.1, 0.15) is 11.5 Å². The molecule has 0 aliphatic carbocycles. The molecule has 2 aromatic carbocycles. The van der Waals surface area contributed by atoms with E-state index in [-0.39, 0.29) is 17.8 Å². The van der Waals surface area contributed by atoms with Crippen LogP contribution < -0.4 is 5.32 Å². The van der Waals surface area contributed by atoms with Gasteiger partial charge in [-0.3, -0.25) is 4.90 Å². The molecule has 27 heavy (non-hydrogen) atoms. The van der Waals surface area contributed by atoms with Crippen molar-refractivity contribution in [1.82, 2.24) is 15.0 Å². The number of urea groups is 1. The minimum absolute atomic E-state index is 0.0542. The van der Waals surface area contributed by atoms with Gasteiger partial charge < -0.3 is 14.7 Å². The molecule has 0 spiro atoms. The zero-order valence-electron chi connectivity index (χ0n) is 14.7. The largest absolute Gasteiger partial charge is 0.356 e. The van der Waals surface area contributed by atoms with E-state index in [4.69, 9.17) is 16.1 Å². The molecular weight excluding hydrogens is 371 g/mol. The third-order valence-corrected chi connectivity index (χ3v) is 5.04. The van der Waals surface area contributed by atoms with Gasteiger partial charge in [-0.15, -0.1) is 0 Å². The summed E-state index contributed by atoms with van der Waals surface area (Å²) in [5, 5.41) is 8.26. The molecule has 1 saturated heterocycles. The summed E-state index contributed by atoms with van der Waals surface area (Å²) >= 11 is 6.05. The Bertz CT molecular complexity index is 987. The molecule has 1 aromatic heterocycles. The number of halogens is 2. The van der Waals surface area contributed by atoms with Gasteiger partial charge in [-0.25, -0.2) is 9.18 Å². The van der Waals surface area contributed by atoms with E-state index in [0.717, 1.165) is 11.1 Å². The molecule has 1 aliphatic rings. The maximum atomic E-state index is 13.7. The van der Waals surface area contributed by atoms with Crippen LogP contribution in [-0.2, 0) is 6.54 Å².